The Bertz CT molecular complexity index is 118. The summed E-state index contributed by atoms with van der Waals surface area (Å²) >= 11 is 0. The van der Waals surface area contributed by atoms with Crippen LogP contribution in [0.3, 0.4) is 0 Å². The van der Waals surface area contributed by atoms with E-state index in [4.69, 9.17) is 10.8 Å². The summed E-state index contributed by atoms with van der Waals surface area (Å²) in [6, 6.07) is 0.0422. The van der Waals surface area contributed by atoms with E-state index >= 15 is 0 Å². The molecular formula is C6H11NO2. The van der Waals surface area contributed by atoms with Gasteiger partial charge >= 0.3 is 5.97 Å². The first-order valence-corrected chi connectivity index (χ1v) is 2.78. The van der Waals surface area contributed by atoms with E-state index in [0.29, 0.717) is 6.42 Å². The molecule has 3 N–H and O–H groups in total. The van der Waals surface area contributed by atoms with E-state index in [9.17, 15) is 4.79 Å². The Balaban J connectivity index is 3.36. The molecule has 0 aromatic rings. The molecule has 0 aliphatic rings. The van der Waals surface area contributed by atoms with Gasteiger partial charge in [0.2, 0.25) is 0 Å². The first-order chi connectivity index (χ1) is 4.13. The van der Waals surface area contributed by atoms with Gasteiger partial charge in [0.1, 0.15) is 0 Å². The Labute approximate surface area is 54.2 Å². The first-order valence-electron chi connectivity index (χ1n) is 2.78. The highest BCUT2D eigenvalue weighted by Gasteiger charge is 1.88. The first kappa shape index (κ1) is 8.17. The van der Waals surface area contributed by atoms with Crippen LogP contribution >= 0.6 is 0 Å². The molecule has 0 aliphatic heterocycles. The summed E-state index contributed by atoms with van der Waals surface area (Å²) in [5.41, 5.74) is 5.33. The molecule has 0 saturated carbocycles. The van der Waals surface area contributed by atoms with E-state index in [1.54, 1.807) is 6.08 Å². The van der Waals surface area contributed by atoms with Crippen molar-refractivity contribution in [2.24, 2.45) is 5.73 Å². The van der Waals surface area contributed by atoms with Crippen molar-refractivity contribution in [2.45, 2.75) is 19.4 Å². The molecule has 0 aliphatic carbocycles. The third-order valence-corrected chi connectivity index (χ3v) is 0.768. The van der Waals surface area contributed by atoms with Crippen LogP contribution < -0.4 is 5.73 Å². The van der Waals surface area contributed by atoms with Crippen molar-refractivity contribution in [3.63, 3.8) is 0 Å². The van der Waals surface area contributed by atoms with E-state index in [2.05, 4.69) is 0 Å². The van der Waals surface area contributed by atoms with E-state index in [1.807, 2.05) is 6.92 Å². The standard InChI is InChI=1S/C6H11NO2/c1-5(7)3-2-4-6(8)9/h2,4-5H,3,7H2,1H3,(H,8,9). The lowest BCUT2D eigenvalue weighted by molar-refractivity contribution is -0.131. The minimum Gasteiger partial charge on any atom is -0.478 e. The van der Waals surface area contributed by atoms with Gasteiger partial charge in [-0.2, -0.15) is 0 Å². The lowest BCUT2D eigenvalue weighted by Crippen LogP contribution is -2.12. The quantitative estimate of drug-likeness (QED) is 0.541. The molecule has 0 aromatic heterocycles. The van der Waals surface area contributed by atoms with Crippen LogP contribution in [0.5, 0.6) is 0 Å². The van der Waals surface area contributed by atoms with Gasteiger partial charge in [0.05, 0.1) is 0 Å². The third kappa shape index (κ3) is 7.17. The summed E-state index contributed by atoms with van der Waals surface area (Å²) in [6.45, 7) is 1.83. The van der Waals surface area contributed by atoms with Crippen LogP contribution in [0.25, 0.3) is 0 Å². The van der Waals surface area contributed by atoms with Crippen molar-refractivity contribution in [1.29, 1.82) is 0 Å². The number of nitrogens with two attached hydrogens (primary N) is 1. The number of carboxylic acids is 1. The molecular weight excluding hydrogens is 118 g/mol. The molecule has 0 spiro atoms. The number of hydrogen-bond donors (Lipinski definition) is 2. The lowest BCUT2D eigenvalue weighted by atomic mass is 10.2. The van der Waals surface area contributed by atoms with Crippen molar-refractivity contribution >= 4 is 5.97 Å². The predicted octanol–water partition coefficient (Wildman–Crippen LogP) is 0.365. The molecule has 1 unspecified atom stereocenters. The molecule has 0 bridgehead atoms. The van der Waals surface area contributed by atoms with Crippen molar-refractivity contribution < 1.29 is 9.90 Å². The van der Waals surface area contributed by atoms with Crippen molar-refractivity contribution in [3.05, 3.63) is 12.2 Å². The van der Waals surface area contributed by atoms with Gasteiger partial charge in [-0.15, -0.1) is 0 Å². The lowest BCUT2D eigenvalue weighted by Gasteiger charge is -1.95. The van der Waals surface area contributed by atoms with E-state index in [0.717, 1.165) is 6.08 Å². The zero-order valence-electron chi connectivity index (χ0n) is 5.37. The van der Waals surface area contributed by atoms with Gasteiger partial charge in [-0.25, -0.2) is 4.79 Å². The van der Waals surface area contributed by atoms with Crippen LogP contribution in [0.4, 0.5) is 0 Å². The fraction of sp³-hybridized carbons (Fsp3) is 0.500. The third-order valence-electron chi connectivity index (χ3n) is 0.768. The maximum Gasteiger partial charge on any atom is 0.327 e. The largest absolute Gasteiger partial charge is 0.478 e. The molecule has 0 heterocycles. The van der Waals surface area contributed by atoms with Crippen molar-refractivity contribution in [1.82, 2.24) is 0 Å². The van der Waals surface area contributed by atoms with Crippen molar-refractivity contribution in [2.75, 3.05) is 0 Å². The monoisotopic (exact) mass is 129 g/mol. The summed E-state index contributed by atoms with van der Waals surface area (Å²) in [5, 5.41) is 8.10. The molecule has 9 heavy (non-hydrogen) atoms. The Morgan fingerprint density at radius 1 is 1.89 bits per heavy atom. The molecule has 3 heteroatoms. The molecule has 1 atom stereocenters. The van der Waals surface area contributed by atoms with Crippen LogP contribution in [-0.2, 0) is 4.79 Å². The number of rotatable bonds is 3. The molecule has 52 valence electrons. The Hall–Kier alpha value is -0.830. The fourth-order valence-corrected chi connectivity index (χ4v) is 0.384. The highest BCUT2D eigenvalue weighted by molar-refractivity contribution is 5.79. The smallest absolute Gasteiger partial charge is 0.327 e. The van der Waals surface area contributed by atoms with Gasteiger partial charge in [0.15, 0.2) is 0 Å². The minimum absolute atomic E-state index is 0.0422. The summed E-state index contributed by atoms with van der Waals surface area (Å²) in [5.74, 6) is -0.921. The second kappa shape index (κ2) is 4.09. The molecule has 0 amide bonds. The maximum absolute atomic E-state index is 9.85. The molecule has 0 rings (SSSR count). The number of aliphatic carboxylic acids is 1. The number of carbonyl (C=O) groups is 1. The normalized spacial score (nSPS) is 14.0. The summed E-state index contributed by atoms with van der Waals surface area (Å²) in [4.78, 5) is 9.85. The Morgan fingerprint density at radius 2 is 2.44 bits per heavy atom. The van der Waals surface area contributed by atoms with E-state index in [-0.39, 0.29) is 6.04 Å². The zero-order chi connectivity index (χ0) is 7.28. The molecule has 0 fully saturated rings. The molecule has 0 saturated heterocycles. The van der Waals surface area contributed by atoms with Crippen LogP contribution in [0.1, 0.15) is 13.3 Å². The summed E-state index contributed by atoms with van der Waals surface area (Å²) in [6.07, 6.45) is 3.27. The molecule has 3 nitrogen and oxygen atoms in total. The topological polar surface area (TPSA) is 63.3 Å². The zero-order valence-corrected chi connectivity index (χ0v) is 5.37. The molecule has 0 aromatic carbocycles. The SMILES string of the molecule is CC(N)CC=CC(=O)O. The van der Waals surface area contributed by atoms with Gasteiger partial charge < -0.3 is 10.8 Å². The van der Waals surface area contributed by atoms with Gasteiger partial charge in [0.25, 0.3) is 0 Å². The highest BCUT2D eigenvalue weighted by atomic mass is 16.4. The minimum atomic E-state index is -0.921. The van der Waals surface area contributed by atoms with E-state index < -0.39 is 5.97 Å². The van der Waals surface area contributed by atoms with Crippen LogP contribution in [0.15, 0.2) is 12.2 Å². The number of carboxylic acid groups (broad SMARTS) is 1. The average Bonchev–Trinajstić information content (AvgIpc) is 1.63. The highest BCUT2D eigenvalue weighted by Crippen LogP contribution is 1.86. The molecule has 0 radical (unpaired) electrons. The van der Waals surface area contributed by atoms with Crippen LogP contribution in [-0.4, -0.2) is 17.1 Å². The van der Waals surface area contributed by atoms with Gasteiger partial charge in [-0.05, 0) is 13.3 Å². The number of hydrogen-bond acceptors (Lipinski definition) is 2. The van der Waals surface area contributed by atoms with Crippen LogP contribution in [0.2, 0.25) is 0 Å². The fourth-order valence-electron chi connectivity index (χ4n) is 0.384. The van der Waals surface area contributed by atoms with Crippen LogP contribution in [0, 0.1) is 0 Å². The maximum atomic E-state index is 9.85. The summed E-state index contributed by atoms with van der Waals surface area (Å²) in [7, 11) is 0. The van der Waals surface area contributed by atoms with Crippen molar-refractivity contribution in [3.8, 4) is 0 Å². The Morgan fingerprint density at radius 3 is 2.78 bits per heavy atom. The second-order valence-corrected chi connectivity index (χ2v) is 1.95. The van der Waals surface area contributed by atoms with Gasteiger partial charge in [0, 0.05) is 12.1 Å². The Kier molecular flexibility index (Phi) is 3.71. The van der Waals surface area contributed by atoms with Gasteiger partial charge in [-0.1, -0.05) is 6.08 Å². The average molecular weight is 129 g/mol. The predicted molar refractivity (Wildman–Crippen MR) is 35.0 cm³/mol. The van der Waals surface area contributed by atoms with E-state index in [1.165, 1.54) is 0 Å². The van der Waals surface area contributed by atoms with Gasteiger partial charge in [-0.3, -0.25) is 0 Å². The summed E-state index contributed by atoms with van der Waals surface area (Å²) < 4.78 is 0. The second-order valence-electron chi connectivity index (χ2n) is 1.95.